The Kier molecular flexibility index (Phi) is 7.16. The molecule has 4 aliphatic carbocycles. The number of allylic oxidation sites excluding steroid dienone is 2. The van der Waals surface area contributed by atoms with Gasteiger partial charge in [0.1, 0.15) is 0 Å². The molecule has 2 heterocycles. The fraction of sp³-hybridized carbons (Fsp3) is 0.538. The van der Waals surface area contributed by atoms with Crippen LogP contribution in [0, 0.1) is 11.8 Å². The number of hydrogen-bond donors (Lipinski definition) is 0. The standard InChI is InChI=1S/C39H48N2/c1-3-11-30(12-4-1)38-27-39(41(38)32-13-5-2-6-14-32)31-21-19-28(20-22-31)29-23-25-33(26-24-29)40-36-17-9-7-15-34(36)35-16-8-10-18-37(35)40/h1,3-4,11-12,19-25,27,32-38H,2,5-10,13-18,26H2. The molecule has 2 nitrogen and oxygen atoms in total. The predicted molar refractivity (Wildman–Crippen MR) is 171 cm³/mol. The quantitative estimate of drug-likeness (QED) is 0.370. The van der Waals surface area contributed by atoms with E-state index in [9.17, 15) is 0 Å². The predicted octanol–water partition coefficient (Wildman–Crippen LogP) is 9.56. The zero-order valence-electron chi connectivity index (χ0n) is 24.8. The lowest BCUT2D eigenvalue weighted by Gasteiger charge is -2.49. The minimum Gasteiger partial charge on any atom is -0.358 e. The zero-order valence-corrected chi connectivity index (χ0v) is 24.8. The van der Waals surface area contributed by atoms with Gasteiger partial charge in [0.15, 0.2) is 0 Å². The third-order valence-electron chi connectivity index (χ3n) is 11.9. The van der Waals surface area contributed by atoms with Crippen molar-refractivity contribution in [2.45, 2.75) is 120 Å². The van der Waals surface area contributed by atoms with Gasteiger partial charge in [-0.1, -0.05) is 118 Å². The number of fused-ring (bicyclic) bond motifs is 3. The van der Waals surface area contributed by atoms with E-state index >= 15 is 0 Å². The molecule has 4 fully saturated rings. The first-order valence-corrected chi connectivity index (χ1v) is 17.2. The van der Waals surface area contributed by atoms with Crippen LogP contribution >= 0.6 is 0 Å². The van der Waals surface area contributed by atoms with E-state index in [4.69, 9.17) is 0 Å². The van der Waals surface area contributed by atoms with Crippen molar-refractivity contribution in [2.24, 2.45) is 11.8 Å². The fourth-order valence-corrected chi connectivity index (χ4v) is 9.95. The van der Waals surface area contributed by atoms with Gasteiger partial charge in [-0.25, -0.2) is 0 Å². The Morgan fingerprint density at radius 1 is 0.610 bits per heavy atom. The number of nitrogens with zero attached hydrogens (tertiary/aromatic N) is 2. The second kappa shape index (κ2) is 11.3. The molecule has 1 saturated heterocycles. The minimum atomic E-state index is 0.424. The van der Waals surface area contributed by atoms with E-state index in [1.54, 1.807) is 0 Å². The minimum absolute atomic E-state index is 0.424. The number of benzene rings is 2. The lowest BCUT2D eigenvalue weighted by atomic mass is 9.73. The molecule has 214 valence electrons. The topological polar surface area (TPSA) is 6.48 Å². The van der Waals surface area contributed by atoms with Gasteiger partial charge in [-0.3, -0.25) is 4.90 Å². The van der Waals surface area contributed by atoms with Crippen molar-refractivity contribution < 1.29 is 0 Å². The van der Waals surface area contributed by atoms with Crippen LogP contribution in [0.3, 0.4) is 0 Å². The van der Waals surface area contributed by atoms with Gasteiger partial charge in [0, 0.05) is 29.9 Å². The maximum atomic E-state index is 3.03. The fourth-order valence-electron chi connectivity index (χ4n) is 9.95. The van der Waals surface area contributed by atoms with Gasteiger partial charge >= 0.3 is 0 Å². The first kappa shape index (κ1) is 26.1. The molecule has 0 amide bonds. The van der Waals surface area contributed by atoms with Gasteiger partial charge in [-0.15, -0.1) is 0 Å². The summed E-state index contributed by atoms with van der Waals surface area (Å²) in [6.07, 6.45) is 29.8. The molecular formula is C39H48N2. The number of likely N-dealkylation sites (tertiary alicyclic amines) is 1. The third kappa shape index (κ3) is 4.75. The molecule has 0 spiro atoms. The average Bonchev–Trinajstić information content (AvgIpc) is 3.37. The lowest BCUT2D eigenvalue weighted by Crippen LogP contribution is -2.46. The molecule has 0 aromatic heterocycles. The molecule has 3 saturated carbocycles. The largest absolute Gasteiger partial charge is 0.358 e. The normalized spacial score (nSPS) is 33.9. The van der Waals surface area contributed by atoms with Gasteiger partial charge in [0.25, 0.3) is 0 Å². The molecule has 8 rings (SSSR count). The summed E-state index contributed by atoms with van der Waals surface area (Å²) in [6.45, 7) is 0. The van der Waals surface area contributed by atoms with Crippen molar-refractivity contribution in [1.82, 2.24) is 9.80 Å². The summed E-state index contributed by atoms with van der Waals surface area (Å²) in [4.78, 5) is 5.79. The summed E-state index contributed by atoms with van der Waals surface area (Å²) in [5.74, 6) is 1.96. The van der Waals surface area contributed by atoms with Crippen molar-refractivity contribution in [3.63, 3.8) is 0 Å². The lowest BCUT2D eigenvalue weighted by molar-refractivity contribution is 0.108. The number of hydrogen-bond acceptors (Lipinski definition) is 2. The third-order valence-corrected chi connectivity index (χ3v) is 11.9. The summed E-state index contributed by atoms with van der Waals surface area (Å²) < 4.78 is 0. The highest BCUT2D eigenvalue weighted by Crippen LogP contribution is 2.51. The van der Waals surface area contributed by atoms with Crippen molar-refractivity contribution in [3.8, 4) is 0 Å². The van der Waals surface area contributed by atoms with E-state index in [1.165, 1.54) is 118 Å². The van der Waals surface area contributed by atoms with Crippen molar-refractivity contribution in [1.29, 1.82) is 0 Å². The smallest absolute Gasteiger partial charge is 0.0752 e. The van der Waals surface area contributed by atoms with Crippen molar-refractivity contribution in [3.05, 3.63) is 95.6 Å². The molecule has 0 N–H and O–H groups in total. The first-order chi connectivity index (χ1) is 20.3. The van der Waals surface area contributed by atoms with Crippen molar-refractivity contribution >= 4 is 11.3 Å². The molecule has 2 heteroatoms. The summed E-state index contributed by atoms with van der Waals surface area (Å²) in [6, 6.07) is 24.1. The molecule has 6 atom stereocenters. The Morgan fingerprint density at radius 2 is 1.24 bits per heavy atom. The maximum Gasteiger partial charge on any atom is 0.0752 e. The van der Waals surface area contributed by atoms with E-state index in [0.29, 0.717) is 18.1 Å². The van der Waals surface area contributed by atoms with E-state index in [-0.39, 0.29) is 0 Å². The Hall–Kier alpha value is -2.58. The van der Waals surface area contributed by atoms with E-state index < -0.39 is 0 Å². The summed E-state index contributed by atoms with van der Waals surface area (Å²) >= 11 is 0. The second-order valence-corrected chi connectivity index (χ2v) is 14.0. The van der Waals surface area contributed by atoms with Crippen LogP contribution in [0.25, 0.3) is 11.3 Å². The molecule has 2 aromatic rings. The van der Waals surface area contributed by atoms with Gasteiger partial charge in [-0.2, -0.15) is 0 Å². The van der Waals surface area contributed by atoms with Crippen LogP contribution in [0.4, 0.5) is 0 Å². The van der Waals surface area contributed by atoms with Crippen LogP contribution in [-0.2, 0) is 0 Å². The molecular weight excluding hydrogens is 496 g/mol. The molecule has 0 bridgehead atoms. The van der Waals surface area contributed by atoms with Crippen molar-refractivity contribution in [2.75, 3.05) is 0 Å². The van der Waals surface area contributed by atoms with Crippen LogP contribution in [0.15, 0.2) is 78.9 Å². The van der Waals surface area contributed by atoms with Gasteiger partial charge in [0.2, 0.25) is 0 Å². The molecule has 6 aliphatic rings. The maximum absolute atomic E-state index is 3.03. The molecule has 41 heavy (non-hydrogen) atoms. The van der Waals surface area contributed by atoms with Crippen LogP contribution < -0.4 is 0 Å². The van der Waals surface area contributed by atoms with Crippen LogP contribution in [-0.4, -0.2) is 34.0 Å². The van der Waals surface area contributed by atoms with E-state index in [2.05, 4.69) is 88.7 Å². The van der Waals surface area contributed by atoms with Gasteiger partial charge in [-0.05, 0) is 85.1 Å². The SMILES string of the molecule is C1=CC(N2C3CCCCC3C3CCCCC32)CC=C1c1ccc(C2=CC(c3ccccc3)N2C2CCCCC2)cc1. The van der Waals surface area contributed by atoms with Gasteiger partial charge < -0.3 is 4.90 Å². The Bertz CT molecular complexity index is 1270. The summed E-state index contributed by atoms with van der Waals surface area (Å²) in [7, 11) is 0. The molecule has 2 aliphatic heterocycles. The van der Waals surface area contributed by atoms with Crippen LogP contribution in [0.1, 0.15) is 113 Å². The van der Waals surface area contributed by atoms with Crippen LogP contribution in [0.2, 0.25) is 0 Å². The molecule has 2 aromatic carbocycles. The summed E-state index contributed by atoms with van der Waals surface area (Å²) in [5.41, 5.74) is 7.06. The molecule has 0 radical (unpaired) electrons. The Morgan fingerprint density at radius 3 is 1.90 bits per heavy atom. The molecule has 6 unspecified atom stereocenters. The highest BCUT2D eigenvalue weighted by atomic mass is 15.3. The highest BCUT2D eigenvalue weighted by Gasteiger charge is 2.51. The summed E-state index contributed by atoms with van der Waals surface area (Å²) in [5, 5.41) is 0. The first-order valence-electron chi connectivity index (χ1n) is 17.2. The van der Waals surface area contributed by atoms with Crippen LogP contribution in [0.5, 0.6) is 0 Å². The second-order valence-electron chi connectivity index (χ2n) is 14.0. The monoisotopic (exact) mass is 544 g/mol. The average molecular weight is 545 g/mol. The number of rotatable bonds is 5. The Labute approximate surface area is 248 Å². The van der Waals surface area contributed by atoms with Gasteiger partial charge in [0.05, 0.1) is 6.04 Å². The highest BCUT2D eigenvalue weighted by molar-refractivity contribution is 5.78. The zero-order chi connectivity index (χ0) is 27.2. The van der Waals surface area contributed by atoms with E-state index in [1.807, 2.05) is 0 Å². The van der Waals surface area contributed by atoms with E-state index in [0.717, 1.165) is 23.9 Å². The Balaban J connectivity index is 0.988.